The smallest absolute Gasteiger partial charge is 0.231 e. The van der Waals surface area contributed by atoms with Gasteiger partial charge in [0.2, 0.25) is 12.7 Å². The summed E-state index contributed by atoms with van der Waals surface area (Å²) >= 11 is 1.39. The molecule has 1 aliphatic heterocycles. The van der Waals surface area contributed by atoms with Crippen LogP contribution in [-0.2, 0) is 4.79 Å². The maximum Gasteiger partial charge on any atom is 0.231 e. The van der Waals surface area contributed by atoms with E-state index in [0.29, 0.717) is 30.3 Å². The number of benzene rings is 1. The minimum Gasteiger partial charge on any atom is -0.454 e. The molecule has 0 fully saturated rings. The van der Waals surface area contributed by atoms with Crippen LogP contribution in [-0.4, -0.2) is 24.2 Å². The van der Waals surface area contributed by atoms with Crippen LogP contribution in [0.2, 0.25) is 0 Å². The molecule has 2 heterocycles. The molecule has 1 aromatic carbocycles. The van der Waals surface area contributed by atoms with Crippen LogP contribution in [0.5, 0.6) is 11.5 Å². The number of nitrogens with zero attached hydrogens (tertiary/aromatic N) is 1. The number of rotatable bonds is 5. The van der Waals surface area contributed by atoms with Crippen LogP contribution in [0.3, 0.4) is 0 Å². The summed E-state index contributed by atoms with van der Waals surface area (Å²) in [4.78, 5) is 16.0. The van der Waals surface area contributed by atoms with Crippen LogP contribution >= 0.6 is 11.3 Å². The third kappa shape index (κ3) is 3.14. The summed E-state index contributed by atoms with van der Waals surface area (Å²) < 4.78 is 10.6. The number of hydrogen-bond donors (Lipinski definition) is 2. The summed E-state index contributed by atoms with van der Waals surface area (Å²) in [7, 11) is 0. The molecular weight excluding hydrogens is 290 g/mol. The minimum atomic E-state index is -0.0629. The number of carbonyl (C=O) groups is 1. The fourth-order valence-electron chi connectivity index (χ4n) is 1.96. The molecule has 0 aliphatic carbocycles. The SMILES string of the molecule is NCCCC(=O)Nc1nc(-c2ccc3c(c2)OCO3)cs1. The molecule has 0 saturated heterocycles. The number of ether oxygens (including phenoxy) is 2. The van der Waals surface area contributed by atoms with E-state index in [4.69, 9.17) is 15.2 Å². The molecule has 0 unspecified atom stereocenters. The largest absolute Gasteiger partial charge is 0.454 e. The lowest BCUT2D eigenvalue weighted by Gasteiger charge is -2.01. The molecule has 2 aromatic rings. The van der Waals surface area contributed by atoms with Gasteiger partial charge in [-0.1, -0.05) is 0 Å². The first-order valence-electron chi connectivity index (χ1n) is 6.62. The van der Waals surface area contributed by atoms with E-state index in [0.717, 1.165) is 17.0 Å². The van der Waals surface area contributed by atoms with E-state index in [1.54, 1.807) is 0 Å². The van der Waals surface area contributed by atoms with Gasteiger partial charge in [0.15, 0.2) is 16.6 Å². The Hall–Kier alpha value is -2.12. The number of carbonyl (C=O) groups excluding carboxylic acids is 1. The molecule has 0 bridgehead atoms. The van der Waals surface area contributed by atoms with E-state index in [1.807, 2.05) is 23.6 Å². The zero-order valence-corrected chi connectivity index (χ0v) is 12.1. The van der Waals surface area contributed by atoms with Crippen molar-refractivity contribution in [2.45, 2.75) is 12.8 Å². The third-order valence-electron chi connectivity index (χ3n) is 3.03. The highest BCUT2D eigenvalue weighted by atomic mass is 32.1. The van der Waals surface area contributed by atoms with Gasteiger partial charge in [0.05, 0.1) is 5.69 Å². The lowest BCUT2D eigenvalue weighted by Crippen LogP contribution is -2.13. The Balaban J connectivity index is 1.71. The molecule has 6 nitrogen and oxygen atoms in total. The maximum atomic E-state index is 11.6. The van der Waals surface area contributed by atoms with Gasteiger partial charge in [0.25, 0.3) is 0 Å². The number of amides is 1. The second-order valence-corrected chi connectivity index (χ2v) is 5.40. The summed E-state index contributed by atoms with van der Waals surface area (Å²) in [5, 5.41) is 5.26. The van der Waals surface area contributed by atoms with E-state index in [-0.39, 0.29) is 12.7 Å². The lowest BCUT2D eigenvalue weighted by molar-refractivity contribution is -0.116. The topological polar surface area (TPSA) is 86.5 Å². The van der Waals surface area contributed by atoms with E-state index >= 15 is 0 Å². The highest BCUT2D eigenvalue weighted by Gasteiger charge is 2.15. The molecular formula is C14H15N3O3S. The van der Waals surface area contributed by atoms with Gasteiger partial charge in [0.1, 0.15) is 0 Å². The van der Waals surface area contributed by atoms with Crippen molar-refractivity contribution >= 4 is 22.4 Å². The van der Waals surface area contributed by atoms with Gasteiger partial charge in [-0.15, -0.1) is 11.3 Å². The standard InChI is InChI=1S/C14H15N3O3S/c15-5-1-2-13(18)17-14-16-10(7-21-14)9-3-4-11-12(6-9)20-8-19-11/h3-4,6-7H,1-2,5,8,15H2,(H,16,17,18). The van der Waals surface area contributed by atoms with Crippen LogP contribution in [0.15, 0.2) is 23.6 Å². The summed E-state index contributed by atoms with van der Waals surface area (Å²) in [6.07, 6.45) is 1.08. The first-order valence-corrected chi connectivity index (χ1v) is 7.49. The van der Waals surface area contributed by atoms with Crippen molar-refractivity contribution in [3.05, 3.63) is 23.6 Å². The van der Waals surface area contributed by atoms with Crippen LogP contribution in [0.25, 0.3) is 11.3 Å². The summed E-state index contributed by atoms with van der Waals surface area (Å²) in [6.45, 7) is 0.756. The first-order chi connectivity index (χ1) is 10.3. The number of fused-ring (bicyclic) bond motifs is 1. The zero-order valence-electron chi connectivity index (χ0n) is 11.3. The normalized spacial score (nSPS) is 12.4. The van der Waals surface area contributed by atoms with E-state index < -0.39 is 0 Å². The molecule has 1 amide bonds. The molecule has 1 aromatic heterocycles. The van der Waals surface area contributed by atoms with Crippen molar-refractivity contribution in [3.63, 3.8) is 0 Å². The van der Waals surface area contributed by atoms with E-state index in [1.165, 1.54) is 11.3 Å². The Labute approximate surface area is 125 Å². The van der Waals surface area contributed by atoms with Crippen molar-refractivity contribution < 1.29 is 14.3 Å². The molecule has 110 valence electrons. The number of hydrogen-bond acceptors (Lipinski definition) is 6. The second kappa shape index (κ2) is 6.11. The van der Waals surface area contributed by atoms with Gasteiger partial charge in [-0.3, -0.25) is 4.79 Å². The lowest BCUT2D eigenvalue weighted by atomic mass is 10.1. The molecule has 0 radical (unpaired) electrons. The van der Waals surface area contributed by atoms with Gasteiger partial charge in [0, 0.05) is 17.4 Å². The average Bonchev–Trinajstić information content (AvgIpc) is 3.12. The molecule has 7 heteroatoms. The maximum absolute atomic E-state index is 11.6. The minimum absolute atomic E-state index is 0.0629. The van der Waals surface area contributed by atoms with Crippen molar-refractivity contribution in [2.75, 3.05) is 18.7 Å². The van der Waals surface area contributed by atoms with Crippen molar-refractivity contribution in [1.29, 1.82) is 0 Å². The van der Waals surface area contributed by atoms with Crippen LogP contribution in [0.1, 0.15) is 12.8 Å². The second-order valence-electron chi connectivity index (χ2n) is 4.55. The molecule has 0 saturated carbocycles. The fourth-order valence-corrected chi connectivity index (χ4v) is 2.70. The molecule has 0 atom stereocenters. The van der Waals surface area contributed by atoms with Crippen LogP contribution in [0, 0.1) is 0 Å². The summed E-state index contributed by atoms with van der Waals surface area (Å²) in [5.41, 5.74) is 7.11. The Bertz CT molecular complexity index is 657. The van der Waals surface area contributed by atoms with E-state index in [2.05, 4.69) is 10.3 Å². The van der Waals surface area contributed by atoms with Gasteiger partial charge >= 0.3 is 0 Å². The van der Waals surface area contributed by atoms with Crippen molar-refractivity contribution in [1.82, 2.24) is 4.98 Å². The predicted molar refractivity (Wildman–Crippen MR) is 80.6 cm³/mol. The predicted octanol–water partition coefficient (Wildman–Crippen LogP) is 2.22. The molecule has 21 heavy (non-hydrogen) atoms. The van der Waals surface area contributed by atoms with Crippen molar-refractivity contribution in [2.24, 2.45) is 5.73 Å². The highest BCUT2D eigenvalue weighted by Crippen LogP contribution is 2.36. The zero-order chi connectivity index (χ0) is 14.7. The molecule has 0 spiro atoms. The number of aromatic nitrogens is 1. The van der Waals surface area contributed by atoms with Gasteiger partial charge < -0.3 is 20.5 Å². The van der Waals surface area contributed by atoms with Gasteiger partial charge in [-0.25, -0.2) is 4.98 Å². The first kappa shape index (κ1) is 13.8. The third-order valence-corrected chi connectivity index (χ3v) is 3.78. The monoisotopic (exact) mass is 305 g/mol. The molecule has 1 aliphatic rings. The summed E-state index contributed by atoms with van der Waals surface area (Å²) in [5.74, 6) is 1.39. The van der Waals surface area contributed by atoms with E-state index in [9.17, 15) is 4.79 Å². The number of nitrogens with one attached hydrogen (secondary N) is 1. The Morgan fingerprint density at radius 2 is 2.24 bits per heavy atom. The van der Waals surface area contributed by atoms with Gasteiger partial charge in [-0.2, -0.15) is 0 Å². The Morgan fingerprint density at radius 3 is 3.10 bits per heavy atom. The van der Waals surface area contributed by atoms with Gasteiger partial charge in [-0.05, 0) is 31.2 Å². The quantitative estimate of drug-likeness (QED) is 0.884. The average molecular weight is 305 g/mol. The highest BCUT2D eigenvalue weighted by molar-refractivity contribution is 7.14. The summed E-state index contributed by atoms with van der Waals surface area (Å²) in [6, 6.07) is 5.66. The van der Waals surface area contributed by atoms with Crippen LogP contribution in [0.4, 0.5) is 5.13 Å². The molecule has 3 N–H and O–H groups in total. The van der Waals surface area contributed by atoms with Crippen molar-refractivity contribution in [3.8, 4) is 22.8 Å². The Morgan fingerprint density at radius 1 is 1.38 bits per heavy atom. The fraction of sp³-hybridized carbons (Fsp3) is 0.286. The number of anilines is 1. The number of nitrogens with two attached hydrogens (primary N) is 1. The molecule has 3 rings (SSSR count). The number of thiazole rings is 1. The van der Waals surface area contributed by atoms with Crippen LogP contribution < -0.4 is 20.5 Å². The Kier molecular flexibility index (Phi) is 4.03.